The fourth-order valence-corrected chi connectivity index (χ4v) is 5.77. The smallest absolute Gasteiger partial charge is 0.380 e. The molecule has 1 saturated carbocycles. The number of halogens is 3. The van der Waals surface area contributed by atoms with E-state index in [0.717, 1.165) is 35.7 Å². The Balaban J connectivity index is 0.000000186. The van der Waals surface area contributed by atoms with E-state index in [9.17, 15) is 32.3 Å². The van der Waals surface area contributed by atoms with Crippen molar-refractivity contribution in [3.05, 3.63) is 119 Å². The first-order valence-electron chi connectivity index (χ1n) is 17.7. The zero-order valence-electron chi connectivity index (χ0n) is 29.6. The van der Waals surface area contributed by atoms with Gasteiger partial charge < -0.3 is 25.8 Å². The van der Waals surface area contributed by atoms with Crippen molar-refractivity contribution in [1.82, 2.24) is 15.4 Å². The summed E-state index contributed by atoms with van der Waals surface area (Å²) in [5.41, 5.74) is 7.13. The average molecular weight is 734 g/mol. The highest BCUT2D eigenvalue weighted by molar-refractivity contribution is 5.89. The maximum Gasteiger partial charge on any atom is 0.416 e. The first kappa shape index (κ1) is 40.2. The summed E-state index contributed by atoms with van der Waals surface area (Å²) in [4.78, 5) is 55.5. The van der Waals surface area contributed by atoms with E-state index in [0.29, 0.717) is 31.1 Å². The normalized spacial score (nSPS) is 17.6. The number of amides is 3. The second-order valence-corrected chi connectivity index (χ2v) is 12.8. The van der Waals surface area contributed by atoms with E-state index in [1.54, 1.807) is 6.20 Å². The molecule has 3 amide bonds. The Morgan fingerprint density at radius 2 is 1.75 bits per heavy atom. The molecule has 13 heteroatoms. The minimum absolute atomic E-state index is 0.0166. The second kappa shape index (κ2) is 19.9. The lowest BCUT2D eigenvalue weighted by molar-refractivity contribution is -0.137. The third kappa shape index (κ3) is 12.8. The van der Waals surface area contributed by atoms with E-state index in [2.05, 4.69) is 34.9 Å². The third-order valence-electron chi connectivity index (χ3n) is 8.76. The summed E-state index contributed by atoms with van der Waals surface area (Å²) in [6, 6.07) is 22.7. The fourth-order valence-electron chi connectivity index (χ4n) is 5.77. The number of carbonyl (C=O) groups excluding carboxylic acids is 3. The molecule has 2 aliphatic rings. The number of rotatable bonds is 12. The number of anilines is 1. The number of benzene rings is 3. The molecule has 3 unspecified atom stereocenters. The van der Waals surface area contributed by atoms with Gasteiger partial charge in [0.1, 0.15) is 6.04 Å². The topological polar surface area (TPSA) is 147 Å². The first-order valence-corrected chi connectivity index (χ1v) is 17.7. The fraction of sp³-hybridized carbons (Fsp3) is 0.350. The molecule has 0 bridgehead atoms. The maximum atomic E-state index is 12.6. The van der Waals surface area contributed by atoms with E-state index < -0.39 is 23.7 Å². The highest BCUT2D eigenvalue weighted by Crippen LogP contribution is 2.40. The highest BCUT2D eigenvalue weighted by Gasteiger charge is 2.41. The van der Waals surface area contributed by atoms with Gasteiger partial charge in [0.05, 0.1) is 12.1 Å². The minimum atomic E-state index is -4.44. The van der Waals surface area contributed by atoms with E-state index in [1.807, 2.05) is 60.7 Å². The number of aromatic amines is 1. The molecule has 3 aromatic carbocycles. The molecule has 1 aliphatic heterocycles. The number of carbonyl (C=O) groups is 3. The van der Waals surface area contributed by atoms with Crippen molar-refractivity contribution in [2.45, 2.75) is 64.1 Å². The van der Waals surface area contributed by atoms with E-state index >= 15 is 0 Å². The van der Waals surface area contributed by atoms with Gasteiger partial charge >= 0.3 is 6.18 Å². The summed E-state index contributed by atoms with van der Waals surface area (Å²) >= 11 is 0. The van der Waals surface area contributed by atoms with Gasteiger partial charge in [0.15, 0.2) is 5.75 Å². The zero-order chi connectivity index (χ0) is 38.2. The molecule has 0 radical (unpaired) electrons. The molecule has 1 saturated heterocycles. The number of H-pyrrole nitrogens is 1. The number of para-hydroxylation sites is 1. The summed E-state index contributed by atoms with van der Waals surface area (Å²) in [7, 11) is 0. The summed E-state index contributed by atoms with van der Waals surface area (Å²) in [5.74, 6) is 0.200. The van der Waals surface area contributed by atoms with Gasteiger partial charge in [-0.05, 0) is 85.9 Å². The summed E-state index contributed by atoms with van der Waals surface area (Å²) in [6.45, 7) is 2.44. The Morgan fingerprint density at radius 3 is 2.47 bits per heavy atom. The molecule has 1 aliphatic carbocycles. The SMILES string of the molecule is CCCCC/C=C\C1CC1C(=O)NOc1ccccc1.NC(=O)C1CCCN1C(=O)CNc1cccc(C(F)(F)F)c1.O=c1[nH]ccc2ccccc12. The van der Waals surface area contributed by atoms with Crippen LogP contribution in [0.3, 0.4) is 0 Å². The van der Waals surface area contributed by atoms with Crippen molar-refractivity contribution in [3.63, 3.8) is 0 Å². The number of alkyl halides is 3. The van der Waals surface area contributed by atoms with Crippen LogP contribution in [0.1, 0.15) is 57.4 Å². The van der Waals surface area contributed by atoms with Gasteiger partial charge in [-0.3, -0.25) is 19.2 Å². The van der Waals surface area contributed by atoms with Crippen LogP contribution in [0.4, 0.5) is 18.9 Å². The Labute approximate surface area is 306 Å². The molecule has 6 rings (SSSR count). The maximum absolute atomic E-state index is 12.6. The van der Waals surface area contributed by atoms with E-state index in [4.69, 9.17) is 10.6 Å². The van der Waals surface area contributed by atoms with Crippen LogP contribution in [0.25, 0.3) is 10.8 Å². The van der Waals surface area contributed by atoms with Crippen LogP contribution in [0.2, 0.25) is 0 Å². The van der Waals surface area contributed by atoms with Crippen molar-refractivity contribution in [2.24, 2.45) is 17.6 Å². The van der Waals surface area contributed by atoms with Crippen LogP contribution in [0, 0.1) is 11.8 Å². The molecule has 4 aromatic rings. The quantitative estimate of drug-likeness (QED) is 0.0702. The van der Waals surface area contributed by atoms with Gasteiger partial charge in [-0.2, -0.15) is 18.7 Å². The standard InChI is InChI=1S/C17H23NO2.C14H16F3N3O2.C9H7NO/c1-2-3-4-5-7-10-14-13-16(14)17(19)18-20-15-11-8-6-9-12-15;15-14(16,17)9-3-1-4-10(7-9)19-8-12(21)20-6-2-5-11(20)13(18)22;11-9-8-4-2-1-3-7(8)5-6-10-9/h6-12,14,16H,2-5,13H2,1H3,(H,18,19);1,3-4,7,11,19H,2,5-6,8H2,(H2,18,22);1-6H,(H,10,11)/b10-7-;;. The molecular weight excluding hydrogens is 687 g/mol. The summed E-state index contributed by atoms with van der Waals surface area (Å²) in [5, 5.41) is 4.38. The number of unbranched alkanes of at least 4 members (excludes halogenated alkanes) is 3. The monoisotopic (exact) mass is 733 g/mol. The van der Waals surface area contributed by atoms with Crippen molar-refractivity contribution in [3.8, 4) is 5.75 Å². The van der Waals surface area contributed by atoms with Crippen molar-refractivity contribution < 1.29 is 32.4 Å². The molecule has 1 aromatic heterocycles. The Morgan fingerprint density at radius 1 is 1.00 bits per heavy atom. The molecule has 10 nitrogen and oxygen atoms in total. The zero-order valence-corrected chi connectivity index (χ0v) is 29.6. The molecule has 2 heterocycles. The number of nitrogens with one attached hydrogen (secondary N) is 3. The lowest BCUT2D eigenvalue weighted by Gasteiger charge is -2.22. The number of likely N-dealkylation sites (tertiary alicyclic amines) is 1. The number of allylic oxidation sites excluding steroid dienone is 2. The number of nitrogens with two attached hydrogens (primary N) is 1. The van der Waals surface area contributed by atoms with Gasteiger partial charge in [0, 0.05) is 29.7 Å². The molecular formula is C40H46F3N5O5. The average Bonchev–Trinajstić information content (AvgIpc) is 3.76. The van der Waals surface area contributed by atoms with Gasteiger partial charge in [-0.15, -0.1) is 0 Å². The van der Waals surface area contributed by atoms with E-state index in [1.165, 1.54) is 36.3 Å². The van der Waals surface area contributed by atoms with Crippen LogP contribution >= 0.6 is 0 Å². The summed E-state index contributed by atoms with van der Waals surface area (Å²) in [6.07, 6.45) is 8.66. The molecule has 0 spiro atoms. The number of aromatic nitrogens is 1. The van der Waals surface area contributed by atoms with Gasteiger partial charge in [-0.25, -0.2) is 0 Å². The molecule has 282 valence electrons. The van der Waals surface area contributed by atoms with Gasteiger partial charge in [0.25, 0.3) is 11.5 Å². The molecule has 5 N–H and O–H groups in total. The van der Waals surface area contributed by atoms with Crippen molar-refractivity contribution >= 4 is 34.2 Å². The van der Waals surface area contributed by atoms with Gasteiger partial charge in [0.2, 0.25) is 11.8 Å². The molecule has 3 atom stereocenters. The largest absolute Gasteiger partial charge is 0.416 e. The number of pyridine rings is 1. The van der Waals surface area contributed by atoms with Gasteiger partial charge in [-0.1, -0.05) is 74.4 Å². The Hall–Kier alpha value is -5.59. The van der Waals surface area contributed by atoms with Crippen LogP contribution in [0.15, 0.2) is 108 Å². The number of hydroxylamine groups is 1. The minimum Gasteiger partial charge on any atom is -0.380 e. The van der Waals surface area contributed by atoms with E-state index in [-0.39, 0.29) is 35.5 Å². The Kier molecular flexibility index (Phi) is 15.1. The predicted octanol–water partition coefficient (Wildman–Crippen LogP) is 6.99. The number of primary amides is 1. The Bertz CT molecular complexity index is 1880. The lowest BCUT2D eigenvalue weighted by atomic mass is 10.2. The predicted molar refractivity (Wildman–Crippen MR) is 199 cm³/mol. The van der Waals surface area contributed by atoms with Crippen molar-refractivity contribution in [2.75, 3.05) is 18.4 Å². The first-order chi connectivity index (χ1) is 25.5. The number of hydrogen-bond donors (Lipinski definition) is 4. The lowest BCUT2D eigenvalue weighted by Crippen LogP contribution is -2.45. The van der Waals surface area contributed by atoms with Crippen molar-refractivity contribution in [1.29, 1.82) is 0 Å². The number of hydrogen-bond acceptors (Lipinski definition) is 6. The van der Waals surface area contributed by atoms with Crippen LogP contribution in [-0.2, 0) is 20.6 Å². The second-order valence-electron chi connectivity index (χ2n) is 12.8. The highest BCUT2D eigenvalue weighted by atomic mass is 19.4. The number of fused-ring (bicyclic) bond motifs is 1. The molecule has 53 heavy (non-hydrogen) atoms. The third-order valence-corrected chi connectivity index (χ3v) is 8.76. The van der Waals surface area contributed by atoms with Crippen LogP contribution < -0.4 is 26.9 Å². The van der Waals surface area contributed by atoms with Crippen LogP contribution in [0.5, 0.6) is 5.75 Å². The van der Waals surface area contributed by atoms with Crippen LogP contribution in [-0.4, -0.2) is 46.7 Å². The summed E-state index contributed by atoms with van der Waals surface area (Å²) < 4.78 is 37.8. The molecule has 2 fully saturated rings. The number of nitrogens with zero attached hydrogens (tertiary/aromatic N) is 1.